The van der Waals surface area contributed by atoms with Crippen LogP contribution in [0.4, 0.5) is 0 Å². The molecule has 0 spiro atoms. The van der Waals surface area contributed by atoms with Gasteiger partial charge < -0.3 is 4.74 Å². The van der Waals surface area contributed by atoms with Crippen molar-refractivity contribution in [2.75, 3.05) is 6.61 Å². The van der Waals surface area contributed by atoms with E-state index in [1.807, 2.05) is 31.2 Å². The second-order valence-electron chi connectivity index (χ2n) is 2.95. The molecule has 1 N–H and O–H groups in total. The van der Waals surface area contributed by atoms with Crippen molar-refractivity contribution in [3.8, 4) is 0 Å². The van der Waals surface area contributed by atoms with Gasteiger partial charge in [0, 0.05) is 11.4 Å². The third-order valence-electron chi connectivity index (χ3n) is 1.90. The molecule has 76 valence electrons. The monoisotopic (exact) mass is 211 g/mol. The Bertz CT molecular complexity index is 312. The normalized spacial score (nSPS) is 9.86. The van der Waals surface area contributed by atoms with Crippen LogP contribution in [-0.2, 0) is 11.2 Å². The van der Waals surface area contributed by atoms with E-state index in [0.29, 0.717) is 18.9 Å². The van der Waals surface area contributed by atoms with Crippen molar-refractivity contribution in [1.82, 2.24) is 0 Å². The van der Waals surface area contributed by atoms with Gasteiger partial charge in [-0.1, -0.05) is 29.8 Å². The summed E-state index contributed by atoms with van der Waals surface area (Å²) in [6, 6.07) is 7.69. The van der Waals surface area contributed by atoms with Gasteiger partial charge in [0.2, 0.25) is 0 Å². The molecule has 3 heteroatoms. The number of halogens is 1. The Labute approximate surface area is 89.4 Å². The predicted molar refractivity (Wildman–Crippen MR) is 59.1 cm³/mol. The summed E-state index contributed by atoms with van der Waals surface area (Å²) < 4.78 is 5.04. The van der Waals surface area contributed by atoms with Gasteiger partial charge in [-0.3, -0.25) is 5.41 Å². The van der Waals surface area contributed by atoms with Gasteiger partial charge in [0.05, 0.1) is 6.61 Å². The molecule has 0 heterocycles. The van der Waals surface area contributed by atoms with Crippen molar-refractivity contribution < 1.29 is 4.74 Å². The summed E-state index contributed by atoms with van der Waals surface area (Å²) in [5, 5.41) is 8.20. The van der Waals surface area contributed by atoms with Crippen LogP contribution < -0.4 is 0 Å². The van der Waals surface area contributed by atoms with E-state index in [9.17, 15) is 0 Å². The minimum atomic E-state index is 0.326. The van der Waals surface area contributed by atoms with Gasteiger partial charge in [0.15, 0.2) is 5.90 Å². The molecule has 0 atom stereocenters. The number of hydrogen-bond donors (Lipinski definition) is 1. The Balaban J connectivity index is 2.46. The second-order valence-corrected chi connectivity index (χ2v) is 3.35. The molecule has 0 aliphatic carbocycles. The first-order valence-corrected chi connectivity index (χ1v) is 5.05. The predicted octanol–water partition coefficient (Wildman–Crippen LogP) is 3.29. The molecule has 0 fully saturated rings. The van der Waals surface area contributed by atoms with Gasteiger partial charge in [0.25, 0.3) is 0 Å². The minimum absolute atomic E-state index is 0.326. The molecule has 1 aromatic carbocycles. The molecule has 2 nitrogen and oxygen atoms in total. The summed E-state index contributed by atoms with van der Waals surface area (Å²) in [7, 11) is 0. The van der Waals surface area contributed by atoms with Crippen LogP contribution in [0.25, 0.3) is 0 Å². The van der Waals surface area contributed by atoms with E-state index in [-0.39, 0.29) is 0 Å². The van der Waals surface area contributed by atoms with Crippen molar-refractivity contribution in [2.24, 2.45) is 0 Å². The Morgan fingerprint density at radius 1 is 1.43 bits per heavy atom. The highest BCUT2D eigenvalue weighted by Gasteiger charge is 2.01. The molecule has 0 aliphatic heterocycles. The van der Waals surface area contributed by atoms with E-state index in [2.05, 4.69) is 0 Å². The molecule has 1 rings (SSSR count). The fourth-order valence-electron chi connectivity index (χ4n) is 1.20. The van der Waals surface area contributed by atoms with E-state index in [4.69, 9.17) is 21.7 Å². The zero-order valence-corrected chi connectivity index (χ0v) is 8.97. The van der Waals surface area contributed by atoms with E-state index in [1.54, 1.807) is 0 Å². The van der Waals surface area contributed by atoms with Gasteiger partial charge in [-0.05, 0) is 25.0 Å². The number of rotatable bonds is 4. The van der Waals surface area contributed by atoms with E-state index < -0.39 is 0 Å². The standard InChI is InChI=1S/C11H14ClNO/c1-2-14-11(13)8-7-9-5-3-4-6-10(9)12/h3-6,13H,2,7-8H2,1H3. The maximum Gasteiger partial charge on any atom is 0.180 e. The van der Waals surface area contributed by atoms with E-state index >= 15 is 0 Å². The maximum absolute atomic E-state index is 7.44. The van der Waals surface area contributed by atoms with Crippen molar-refractivity contribution >= 4 is 17.5 Å². The van der Waals surface area contributed by atoms with Crippen LogP contribution in [0.2, 0.25) is 5.02 Å². The van der Waals surface area contributed by atoms with Crippen LogP contribution in [0.3, 0.4) is 0 Å². The average molecular weight is 212 g/mol. The number of nitrogens with one attached hydrogen (secondary N) is 1. The average Bonchev–Trinajstić information content (AvgIpc) is 2.17. The first kappa shape index (κ1) is 11.1. The molecule has 0 amide bonds. The fourth-order valence-corrected chi connectivity index (χ4v) is 1.43. The van der Waals surface area contributed by atoms with Crippen LogP contribution in [-0.4, -0.2) is 12.5 Å². The van der Waals surface area contributed by atoms with Crippen LogP contribution in [0.15, 0.2) is 24.3 Å². The van der Waals surface area contributed by atoms with Gasteiger partial charge >= 0.3 is 0 Å². The summed E-state index contributed by atoms with van der Waals surface area (Å²) in [4.78, 5) is 0. The molecule has 0 bridgehead atoms. The second kappa shape index (κ2) is 5.66. The van der Waals surface area contributed by atoms with E-state index in [1.165, 1.54) is 0 Å². The third kappa shape index (κ3) is 3.38. The number of aryl methyl sites for hydroxylation is 1. The molecule has 0 saturated heterocycles. The zero-order valence-electron chi connectivity index (χ0n) is 8.22. The molecule has 0 unspecified atom stereocenters. The Kier molecular flexibility index (Phi) is 4.47. The molecular formula is C11H14ClNO. The molecular weight excluding hydrogens is 198 g/mol. The van der Waals surface area contributed by atoms with Crippen LogP contribution in [0, 0.1) is 5.41 Å². The molecule has 0 saturated carbocycles. The van der Waals surface area contributed by atoms with Crippen molar-refractivity contribution in [2.45, 2.75) is 19.8 Å². The highest BCUT2D eigenvalue weighted by atomic mass is 35.5. The van der Waals surface area contributed by atoms with Crippen LogP contribution in [0.5, 0.6) is 0 Å². The Hall–Kier alpha value is -1.02. The lowest BCUT2D eigenvalue weighted by Gasteiger charge is -2.05. The smallest absolute Gasteiger partial charge is 0.180 e. The summed E-state index contributed by atoms with van der Waals surface area (Å²) in [6.45, 7) is 2.44. The molecule has 0 aliphatic rings. The Morgan fingerprint density at radius 2 is 2.14 bits per heavy atom. The van der Waals surface area contributed by atoms with E-state index in [0.717, 1.165) is 17.0 Å². The van der Waals surface area contributed by atoms with Crippen LogP contribution >= 0.6 is 11.6 Å². The molecule has 0 aromatic heterocycles. The number of ether oxygens (including phenoxy) is 1. The van der Waals surface area contributed by atoms with Crippen molar-refractivity contribution in [1.29, 1.82) is 5.41 Å². The lowest BCUT2D eigenvalue weighted by molar-refractivity contribution is 0.314. The highest BCUT2D eigenvalue weighted by Crippen LogP contribution is 2.16. The lowest BCUT2D eigenvalue weighted by atomic mass is 10.1. The lowest BCUT2D eigenvalue weighted by Crippen LogP contribution is -2.04. The highest BCUT2D eigenvalue weighted by molar-refractivity contribution is 6.31. The van der Waals surface area contributed by atoms with Crippen LogP contribution in [0.1, 0.15) is 18.9 Å². The minimum Gasteiger partial charge on any atom is -0.481 e. The quantitative estimate of drug-likeness (QED) is 0.602. The largest absolute Gasteiger partial charge is 0.481 e. The summed E-state index contributed by atoms with van der Waals surface area (Å²) in [5.41, 5.74) is 1.07. The fraction of sp³-hybridized carbons (Fsp3) is 0.364. The molecule has 0 radical (unpaired) electrons. The first-order valence-electron chi connectivity index (χ1n) is 4.67. The van der Waals surface area contributed by atoms with Gasteiger partial charge in [0.1, 0.15) is 0 Å². The summed E-state index contributed by atoms with van der Waals surface area (Å²) in [5.74, 6) is 0.326. The number of benzene rings is 1. The topological polar surface area (TPSA) is 33.1 Å². The third-order valence-corrected chi connectivity index (χ3v) is 2.27. The Morgan fingerprint density at radius 3 is 2.79 bits per heavy atom. The number of hydrogen-bond acceptors (Lipinski definition) is 2. The zero-order chi connectivity index (χ0) is 10.4. The first-order chi connectivity index (χ1) is 6.74. The molecule has 1 aromatic rings. The van der Waals surface area contributed by atoms with Gasteiger partial charge in [-0.25, -0.2) is 0 Å². The van der Waals surface area contributed by atoms with Gasteiger partial charge in [-0.15, -0.1) is 0 Å². The molecule has 14 heavy (non-hydrogen) atoms. The van der Waals surface area contributed by atoms with Crippen molar-refractivity contribution in [3.63, 3.8) is 0 Å². The van der Waals surface area contributed by atoms with Gasteiger partial charge in [-0.2, -0.15) is 0 Å². The summed E-state index contributed by atoms with van der Waals surface area (Å²) in [6.07, 6.45) is 1.37. The SMILES string of the molecule is CCOC(=N)CCc1ccccc1Cl. The summed E-state index contributed by atoms with van der Waals surface area (Å²) >= 11 is 5.97. The van der Waals surface area contributed by atoms with Crippen molar-refractivity contribution in [3.05, 3.63) is 34.9 Å². The maximum atomic E-state index is 7.44.